The van der Waals surface area contributed by atoms with Crippen molar-refractivity contribution < 1.29 is 14.3 Å². The van der Waals surface area contributed by atoms with Crippen molar-refractivity contribution in [2.45, 2.75) is 57.5 Å². The summed E-state index contributed by atoms with van der Waals surface area (Å²) in [6.45, 7) is 6.06. The first-order valence-electron chi connectivity index (χ1n) is 13.6. The van der Waals surface area contributed by atoms with Crippen LogP contribution in [0.1, 0.15) is 54.4 Å². The quantitative estimate of drug-likeness (QED) is 0.426. The summed E-state index contributed by atoms with van der Waals surface area (Å²) in [6, 6.07) is 8.72. The van der Waals surface area contributed by atoms with Crippen LogP contribution in [-0.2, 0) is 9.47 Å². The maximum atomic E-state index is 12.6. The first-order chi connectivity index (χ1) is 18.1. The summed E-state index contributed by atoms with van der Waals surface area (Å²) in [5.41, 5.74) is 4.41. The van der Waals surface area contributed by atoms with E-state index >= 15 is 0 Å². The zero-order valence-electron chi connectivity index (χ0n) is 21.5. The molecule has 3 aliphatic rings. The fourth-order valence-corrected chi connectivity index (χ4v) is 5.19. The fraction of sp³-hybridized carbons (Fsp3) is 0.536. The average Bonchev–Trinajstić information content (AvgIpc) is 3.63. The summed E-state index contributed by atoms with van der Waals surface area (Å²) in [7, 11) is 0. The lowest BCUT2D eigenvalue weighted by atomic mass is 10.0. The van der Waals surface area contributed by atoms with Gasteiger partial charge in [-0.15, -0.1) is 0 Å². The number of aromatic nitrogens is 3. The largest absolute Gasteiger partial charge is 0.381 e. The molecule has 6 rings (SSSR count). The van der Waals surface area contributed by atoms with E-state index in [4.69, 9.17) is 19.6 Å². The third kappa shape index (κ3) is 5.57. The summed E-state index contributed by atoms with van der Waals surface area (Å²) in [4.78, 5) is 17.6. The Morgan fingerprint density at radius 3 is 2.49 bits per heavy atom. The standard InChI is InChI=1S/C28H36N6O3/c1-18-14-20(2-5-23(18)28(35)32-21-3-4-21)24-17-30-34-26(29-16-19-6-10-36-11-7-19)15-25(33-27(24)34)31-22-8-12-37-13-9-22/h2,5,14-15,17,19,21-22,29H,3-4,6-13,16H2,1H3,(H,31,33)(H,32,35). The summed E-state index contributed by atoms with van der Waals surface area (Å²) >= 11 is 0. The van der Waals surface area contributed by atoms with E-state index in [2.05, 4.69) is 28.1 Å². The number of carbonyl (C=O) groups excluding carboxylic acids is 1. The van der Waals surface area contributed by atoms with Gasteiger partial charge in [0, 0.05) is 62.2 Å². The third-order valence-corrected chi connectivity index (χ3v) is 7.65. The van der Waals surface area contributed by atoms with Crippen LogP contribution in [0.4, 0.5) is 11.6 Å². The smallest absolute Gasteiger partial charge is 0.251 e. The summed E-state index contributed by atoms with van der Waals surface area (Å²) < 4.78 is 13.0. The number of nitrogens with zero attached hydrogens (tertiary/aromatic N) is 3. The molecule has 1 aliphatic carbocycles. The lowest BCUT2D eigenvalue weighted by molar-refractivity contribution is 0.0699. The van der Waals surface area contributed by atoms with E-state index in [0.717, 1.165) is 111 Å². The van der Waals surface area contributed by atoms with Crippen molar-refractivity contribution in [2.24, 2.45) is 5.92 Å². The van der Waals surface area contributed by atoms with E-state index in [1.165, 1.54) is 0 Å². The Kier molecular flexibility index (Phi) is 6.97. The van der Waals surface area contributed by atoms with Gasteiger partial charge in [0.15, 0.2) is 5.65 Å². The van der Waals surface area contributed by atoms with Crippen LogP contribution in [0.5, 0.6) is 0 Å². The lowest BCUT2D eigenvalue weighted by Crippen LogP contribution is -2.28. The van der Waals surface area contributed by atoms with Gasteiger partial charge in [0.1, 0.15) is 11.6 Å². The molecule has 0 bridgehead atoms. The Hall–Kier alpha value is -3.17. The molecule has 1 saturated carbocycles. The number of fused-ring (bicyclic) bond motifs is 1. The second-order valence-corrected chi connectivity index (χ2v) is 10.6. The van der Waals surface area contributed by atoms with Crippen LogP contribution in [0.25, 0.3) is 16.8 Å². The van der Waals surface area contributed by atoms with Gasteiger partial charge in [-0.3, -0.25) is 4.79 Å². The molecule has 9 heteroatoms. The SMILES string of the molecule is Cc1cc(-c2cnn3c(NCC4CCOCC4)cc(NC4CCOCC4)nc23)ccc1C(=O)NC1CC1. The molecular weight excluding hydrogens is 468 g/mol. The molecule has 3 N–H and O–H groups in total. The maximum absolute atomic E-state index is 12.6. The Bertz CT molecular complexity index is 1260. The van der Waals surface area contributed by atoms with Crippen molar-refractivity contribution in [3.63, 3.8) is 0 Å². The van der Waals surface area contributed by atoms with Gasteiger partial charge in [-0.2, -0.15) is 9.61 Å². The van der Waals surface area contributed by atoms with Crippen LogP contribution in [0.15, 0.2) is 30.5 Å². The third-order valence-electron chi connectivity index (χ3n) is 7.65. The molecule has 4 heterocycles. The van der Waals surface area contributed by atoms with E-state index in [-0.39, 0.29) is 5.91 Å². The zero-order chi connectivity index (χ0) is 25.2. The van der Waals surface area contributed by atoms with Gasteiger partial charge in [-0.05, 0) is 68.6 Å². The number of amides is 1. The predicted molar refractivity (Wildman–Crippen MR) is 143 cm³/mol. The molecule has 0 unspecified atom stereocenters. The number of ether oxygens (including phenoxy) is 2. The molecule has 0 radical (unpaired) electrons. The van der Waals surface area contributed by atoms with Crippen molar-refractivity contribution in [1.82, 2.24) is 19.9 Å². The number of hydrogen-bond donors (Lipinski definition) is 3. The molecule has 0 spiro atoms. The Labute approximate surface area is 217 Å². The molecule has 1 amide bonds. The number of hydrogen-bond acceptors (Lipinski definition) is 7. The van der Waals surface area contributed by atoms with Crippen LogP contribution in [-0.4, -0.2) is 65.6 Å². The molecular formula is C28H36N6O3. The highest BCUT2D eigenvalue weighted by Crippen LogP contribution is 2.30. The highest BCUT2D eigenvalue weighted by Gasteiger charge is 2.25. The van der Waals surface area contributed by atoms with Gasteiger partial charge in [-0.25, -0.2) is 4.98 Å². The van der Waals surface area contributed by atoms with Crippen LogP contribution < -0.4 is 16.0 Å². The second-order valence-electron chi connectivity index (χ2n) is 10.6. The van der Waals surface area contributed by atoms with Gasteiger partial charge in [0.05, 0.1) is 6.20 Å². The van der Waals surface area contributed by atoms with Crippen molar-refractivity contribution in [3.8, 4) is 11.1 Å². The molecule has 37 heavy (non-hydrogen) atoms. The van der Waals surface area contributed by atoms with Gasteiger partial charge in [-0.1, -0.05) is 12.1 Å². The van der Waals surface area contributed by atoms with E-state index in [1.54, 1.807) is 0 Å². The number of carbonyl (C=O) groups is 1. The molecule has 2 saturated heterocycles. The normalized spacial score (nSPS) is 19.2. The first kappa shape index (κ1) is 24.2. The first-order valence-corrected chi connectivity index (χ1v) is 13.6. The van der Waals surface area contributed by atoms with Crippen LogP contribution in [0.3, 0.4) is 0 Å². The number of rotatable bonds is 8. The Morgan fingerprint density at radius 2 is 1.76 bits per heavy atom. The summed E-state index contributed by atoms with van der Waals surface area (Å²) in [5.74, 6) is 2.35. The van der Waals surface area contributed by atoms with Crippen LogP contribution in [0, 0.1) is 12.8 Å². The lowest BCUT2D eigenvalue weighted by Gasteiger charge is -2.25. The minimum Gasteiger partial charge on any atom is -0.381 e. The molecule has 3 fully saturated rings. The van der Waals surface area contributed by atoms with Gasteiger partial charge in [0.25, 0.3) is 5.91 Å². The molecule has 9 nitrogen and oxygen atoms in total. The summed E-state index contributed by atoms with van der Waals surface area (Å²) in [6.07, 6.45) is 8.09. The fourth-order valence-electron chi connectivity index (χ4n) is 5.19. The second kappa shape index (κ2) is 10.7. The minimum atomic E-state index is 0.00656. The van der Waals surface area contributed by atoms with Gasteiger partial charge < -0.3 is 25.4 Å². The van der Waals surface area contributed by atoms with Crippen LogP contribution in [0.2, 0.25) is 0 Å². The number of nitrogens with one attached hydrogen (secondary N) is 3. The molecule has 3 aromatic rings. The van der Waals surface area contributed by atoms with E-state index in [9.17, 15) is 4.79 Å². The molecule has 2 aromatic heterocycles. The Balaban J connectivity index is 1.31. The van der Waals surface area contributed by atoms with Crippen molar-refractivity contribution >= 4 is 23.2 Å². The van der Waals surface area contributed by atoms with E-state index in [1.807, 2.05) is 29.8 Å². The molecule has 196 valence electrons. The van der Waals surface area contributed by atoms with Crippen molar-refractivity contribution in [3.05, 3.63) is 41.6 Å². The van der Waals surface area contributed by atoms with Crippen molar-refractivity contribution in [1.29, 1.82) is 0 Å². The number of anilines is 2. The van der Waals surface area contributed by atoms with Crippen LogP contribution >= 0.6 is 0 Å². The van der Waals surface area contributed by atoms with Gasteiger partial charge >= 0.3 is 0 Å². The molecule has 0 atom stereocenters. The highest BCUT2D eigenvalue weighted by atomic mass is 16.5. The number of benzene rings is 1. The topological polar surface area (TPSA) is 102 Å². The van der Waals surface area contributed by atoms with E-state index < -0.39 is 0 Å². The molecule has 1 aromatic carbocycles. The Morgan fingerprint density at radius 1 is 1.00 bits per heavy atom. The summed E-state index contributed by atoms with van der Waals surface area (Å²) in [5, 5.41) is 15.1. The zero-order valence-corrected chi connectivity index (χ0v) is 21.5. The minimum absolute atomic E-state index is 0.00656. The van der Waals surface area contributed by atoms with Gasteiger partial charge in [0.2, 0.25) is 0 Å². The number of aryl methyl sites for hydroxylation is 1. The highest BCUT2D eigenvalue weighted by molar-refractivity contribution is 5.97. The monoisotopic (exact) mass is 504 g/mol. The predicted octanol–water partition coefficient (Wildman–Crippen LogP) is 4.03. The molecule has 2 aliphatic heterocycles. The maximum Gasteiger partial charge on any atom is 0.251 e. The van der Waals surface area contributed by atoms with E-state index in [0.29, 0.717) is 18.0 Å². The average molecular weight is 505 g/mol. The van der Waals surface area contributed by atoms with Crippen molar-refractivity contribution in [2.75, 3.05) is 43.6 Å².